The van der Waals surface area contributed by atoms with Crippen LogP contribution in [-0.2, 0) is 11.0 Å². The van der Waals surface area contributed by atoms with Crippen LogP contribution >= 0.6 is 22.5 Å². The highest BCUT2D eigenvalue weighted by molar-refractivity contribution is 8.29. The molecule has 2 unspecified atom stereocenters. The third-order valence-electron chi connectivity index (χ3n) is 3.58. The number of rotatable bonds is 4. The normalized spacial score (nSPS) is 20.6. The van der Waals surface area contributed by atoms with Crippen molar-refractivity contribution < 1.29 is 27.5 Å². The molecule has 5 nitrogen and oxygen atoms in total. The summed E-state index contributed by atoms with van der Waals surface area (Å²) in [5.74, 6) is -3.01. The van der Waals surface area contributed by atoms with Gasteiger partial charge in [0, 0.05) is 11.6 Å². The predicted molar refractivity (Wildman–Crippen MR) is 87.1 cm³/mol. The fraction of sp³-hybridized carbons (Fsp3) is 0.357. The molecule has 0 amide bonds. The van der Waals surface area contributed by atoms with Gasteiger partial charge in [0.15, 0.2) is 5.83 Å². The van der Waals surface area contributed by atoms with Gasteiger partial charge in [0.1, 0.15) is 5.03 Å². The Morgan fingerprint density at radius 2 is 2.08 bits per heavy atom. The highest BCUT2D eigenvalue weighted by Crippen LogP contribution is 2.55. The average Bonchev–Trinajstić information content (AvgIpc) is 2.75. The fourth-order valence-electron chi connectivity index (χ4n) is 2.19. The summed E-state index contributed by atoms with van der Waals surface area (Å²) in [5, 5.41) is 12.1. The molecule has 1 aliphatic rings. The van der Waals surface area contributed by atoms with Crippen molar-refractivity contribution in [3.63, 3.8) is 0 Å². The Morgan fingerprint density at radius 3 is 2.60 bits per heavy atom. The second kappa shape index (κ2) is 6.83. The van der Waals surface area contributed by atoms with E-state index < -0.39 is 51.5 Å². The molecule has 2 rings (SSSR count). The maximum atomic E-state index is 14.2. The zero-order valence-corrected chi connectivity index (χ0v) is 14.6. The van der Waals surface area contributed by atoms with Gasteiger partial charge in [0.25, 0.3) is 5.56 Å². The Morgan fingerprint density at radius 1 is 1.48 bits per heavy atom. The molecule has 2 heterocycles. The molecule has 0 fully saturated rings. The summed E-state index contributed by atoms with van der Waals surface area (Å²) in [6, 6.07) is 0. The monoisotopic (exact) mass is 400 g/mol. The van der Waals surface area contributed by atoms with Crippen molar-refractivity contribution >= 4 is 33.5 Å². The topological polar surface area (TPSA) is 72.2 Å². The molecule has 1 aromatic heterocycles. The van der Waals surface area contributed by atoms with E-state index >= 15 is 0 Å². The number of carboxylic acids is 1. The molecule has 0 spiro atoms. The van der Waals surface area contributed by atoms with E-state index in [1.54, 1.807) is 0 Å². The highest BCUT2D eigenvalue weighted by atomic mass is 35.5. The number of thiol groups is 1. The Labute approximate surface area is 146 Å². The summed E-state index contributed by atoms with van der Waals surface area (Å²) in [6.45, 7) is 2.35. The van der Waals surface area contributed by atoms with E-state index in [0.29, 0.717) is 10.9 Å². The molecule has 138 valence electrons. The van der Waals surface area contributed by atoms with E-state index in [1.165, 1.54) is 6.92 Å². The summed E-state index contributed by atoms with van der Waals surface area (Å²) in [7, 11) is -1.75. The zero-order chi connectivity index (χ0) is 19.1. The Hall–Kier alpha value is -1.81. The second-order valence-corrected chi connectivity index (χ2v) is 8.18. The van der Waals surface area contributed by atoms with Crippen molar-refractivity contribution in [2.45, 2.75) is 20.0 Å². The molecular weight excluding hydrogens is 388 g/mol. The number of hydrogen-bond donors (Lipinski definition) is 2. The van der Waals surface area contributed by atoms with Gasteiger partial charge in [-0.3, -0.25) is 9.59 Å². The lowest BCUT2D eigenvalue weighted by atomic mass is 10.2. The van der Waals surface area contributed by atoms with E-state index in [2.05, 4.69) is 5.10 Å². The third kappa shape index (κ3) is 3.74. The van der Waals surface area contributed by atoms with Gasteiger partial charge in [-0.05, 0) is 12.7 Å². The molecule has 0 bridgehead atoms. The van der Waals surface area contributed by atoms with Gasteiger partial charge in [-0.2, -0.15) is 33.8 Å². The summed E-state index contributed by atoms with van der Waals surface area (Å²) in [5.41, 5.74) is -2.97. The summed E-state index contributed by atoms with van der Waals surface area (Å²) < 4.78 is 53.3. The molecule has 0 radical (unpaired) electrons. The standard InChI is InChI=1S/C14H13ClF4N2O3S/c1-6(13(23)24)5-25-10(15)3-9(16)12(25)21-11(22)7(2)8(4-20-21)14(17,18)19/h3-4,6,25H,5H2,1-2H3,(H,23,24). The minimum Gasteiger partial charge on any atom is -0.481 e. The van der Waals surface area contributed by atoms with E-state index in [1.807, 2.05) is 0 Å². The van der Waals surface area contributed by atoms with Crippen LogP contribution < -0.4 is 5.56 Å². The number of carboxylic acid groups (broad SMARTS) is 1. The summed E-state index contributed by atoms with van der Waals surface area (Å²) >= 11 is 5.95. The lowest BCUT2D eigenvalue weighted by Crippen LogP contribution is -2.28. The smallest absolute Gasteiger partial charge is 0.418 e. The minimum absolute atomic E-state index is 0.0156. The Balaban J connectivity index is 2.53. The van der Waals surface area contributed by atoms with Crippen molar-refractivity contribution in [3.8, 4) is 0 Å². The first-order valence-corrected chi connectivity index (χ1v) is 8.79. The molecule has 25 heavy (non-hydrogen) atoms. The zero-order valence-electron chi connectivity index (χ0n) is 12.9. The summed E-state index contributed by atoms with van der Waals surface area (Å²) in [4.78, 5) is 23.3. The van der Waals surface area contributed by atoms with Crippen LogP contribution in [0.3, 0.4) is 0 Å². The molecule has 1 aliphatic heterocycles. The first kappa shape index (κ1) is 19.5. The molecule has 11 heteroatoms. The van der Waals surface area contributed by atoms with Gasteiger partial charge in [0.2, 0.25) is 0 Å². The second-order valence-electron chi connectivity index (χ2n) is 5.39. The molecule has 0 aromatic carbocycles. The number of carbonyl (C=O) groups is 1. The maximum absolute atomic E-state index is 14.2. The first-order valence-electron chi connectivity index (χ1n) is 6.89. The van der Waals surface area contributed by atoms with Crippen molar-refractivity contribution in [3.05, 3.63) is 43.9 Å². The van der Waals surface area contributed by atoms with Crippen LogP contribution in [0.4, 0.5) is 17.6 Å². The van der Waals surface area contributed by atoms with Crippen molar-refractivity contribution in [1.29, 1.82) is 0 Å². The SMILES string of the molecule is Cc1c(C(F)(F)F)cnn(C2=C(F)C=C(Cl)[SH]2CC(C)C(=O)O)c1=O. The van der Waals surface area contributed by atoms with Crippen LogP contribution in [0.2, 0.25) is 0 Å². The number of aliphatic carboxylic acids is 1. The lowest BCUT2D eigenvalue weighted by Gasteiger charge is -2.23. The molecule has 1 aromatic rings. The van der Waals surface area contributed by atoms with Gasteiger partial charge in [-0.15, -0.1) is 0 Å². The third-order valence-corrected chi connectivity index (χ3v) is 6.77. The number of allylic oxidation sites excluding steroid dienone is 2. The van der Waals surface area contributed by atoms with E-state index in [-0.39, 0.29) is 15.1 Å². The summed E-state index contributed by atoms with van der Waals surface area (Å²) in [6.07, 6.45) is -3.40. The maximum Gasteiger partial charge on any atom is 0.418 e. The van der Waals surface area contributed by atoms with Crippen molar-refractivity contribution in [1.82, 2.24) is 9.78 Å². The lowest BCUT2D eigenvalue weighted by molar-refractivity contribution is -0.140. The molecule has 0 saturated heterocycles. The van der Waals surface area contributed by atoms with E-state index in [0.717, 1.165) is 13.0 Å². The van der Waals surface area contributed by atoms with E-state index in [9.17, 15) is 27.2 Å². The van der Waals surface area contributed by atoms with Gasteiger partial charge >= 0.3 is 12.1 Å². The molecule has 1 N–H and O–H groups in total. The molecule has 0 saturated carbocycles. The number of hydrogen-bond acceptors (Lipinski definition) is 3. The number of aromatic nitrogens is 2. The molecule has 0 aliphatic carbocycles. The van der Waals surface area contributed by atoms with E-state index in [4.69, 9.17) is 16.7 Å². The highest BCUT2D eigenvalue weighted by Gasteiger charge is 2.36. The van der Waals surface area contributed by atoms with Gasteiger partial charge < -0.3 is 5.11 Å². The van der Waals surface area contributed by atoms with Crippen LogP contribution in [0.5, 0.6) is 0 Å². The number of nitrogens with zero attached hydrogens (tertiary/aromatic N) is 2. The number of halogens is 5. The van der Waals surface area contributed by atoms with Crippen LogP contribution in [0.1, 0.15) is 18.1 Å². The van der Waals surface area contributed by atoms with Crippen LogP contribution in [-0.4, -0.2) is 26.6 Å². The largest absolute Gasteiger partial charge is 0.481 e. The average molecular weight is 401 g/mol. The quantitative estimate of drug-likeness (QED) is 0.599. The Bertz CT molecular complexity index is 847. The van der Waals surface area contributed by atoms with Crippen LogP contribution in [0.15, 0.2) is 27.3 Å². The van der Waals surface area contributed by atoms with Gasteiger partial charge in [0.05, 0.1) is 22.0 Å². The van der Waals surface area contributed by atoms with Gasteiger partial charge in [-0.1, -0.05) is 18.5 Å². The molecule has 2 atom stereocenters. The molecular formula is C14H13ClF4N2O3S. The fourth-order valence-corrected chi connectivity index (χ4v) is 4.95. The van der Waals surface area contributed by atoms with Crippen LogP contribution in [0.25, 0.3) is 5.03 Å². The van der Waals surface area contributed by atoms with Crippen LogP contribution in [0, 0.1) is 12.8 Å². The van der Waals surface area contributed by atoms with Crippen molar-refractivity contribution in [2.24, 2.45) is 5.92 Å². The Kier molecular flexibility index (Phi) is 5.33. The van der Waals surface area contributed by atoms with Crippen molar-refractivity contribution in [2.75, 3.05) is 5.75 Å². The minimum atomic E-state index is -4.77. The van der Waals surface area contributed by atoms with Gasteiger partial charge in [-0.25, -0.2) is 4.39 Å². The number of alkyl halides is 3. The predicted octanol–water partition coefficient (Wildman–Crippen LogP) is 3.48. The first-order chi connectivity index (χ1) is 11.4.